The second-order valence-electron chi connectivity index (χ2n) is 8.23. The van der Waals surface area contributed by atoms with Crippen LogP contribution in [0.2, 0.25) is 0 Å². The number of rotatable bonds is 5. The number of ether oxygens (including phenoxy) is 1. The molecule has 0 bridgehead atoms. The van der Waals surface area contributed by atoms with Gasteiger partial charge in [-0.2, -0.15) is 5.26 Å². The number of pyridine rings is 1. The van der Waals surface area contributed by atoms with Crippen LogP contribution in [-0.4, -0.2) is 42.1 Å². The highest BCUT2D eigenvalue weighted by atomic mass is 16.5. The molecule has 1 aromatic heterocycles. The van der Waals surface area contributed by atoms with Crippen molar-refractivity contribution in [2.45, 2.75) is 64.5 Å². The van der Waals surface area contributed by atoms with Crippen LogP contribution < -0.4 is 10.2 Å². The molecule has 3 rings (SSSR count). The van der Waals surface area contributed by atoms with E-state index >= 15 is 0 Å². The largest absolute Gasteiger partial charge is 0.452 e. The van der Waals surface area contributed by atoms with Crippen molar-refractivity contribution in [3.8, 4) is 6.07 Å². The summed E-state index contributed by atoms with van der Waals surface area (Å²) in [5.41, 5.74) is 0.530. The molecule has 3 atom stereocenters. The van der Waals surface area contributed by atoms with Crippen molar-refractivity contribution < 1.29 is 14.3 Å². The smallest absolute Gasteiger partial charge is 0.309 e. The zero-order valence-electron chi connectivity index (χ0n) is 17.3. The van der Waals surface area contributed by atoms with Crippen LogP contribution >= 0.6 is 0 Å². The summed E-state index contributed by atoms with van der Waals surface area (Å²) in [5, 5.41) is 11.9. The lowest BCUT2D eigenvalue weighted by Crippen LogP contribution is -2.46. The molecule has 0 unspecified atom stereocenters. The number of amides is 1. The van der Waals surface area contributed by atoms with Gasteiger partial charge in [0.1, 0.15) is 11.9 Å². The van der Waals surface area contributed by atoms with Crippen LogP contribution in [0.15, 0.2) is 18.3 Å². The zero-order valence-corrected chi connectivity index (χ0v) is 17.3. The molecule has 2 heterocycles. The van der Waals surface area contributed by atoms with Crippen molar-refractivity contribution in [2.24, 2.45) is 11.8 Å². The molecule has 0 radical (unpaired) electrons. The summed E-state index contributed by atoms with van der Waals surface area (Å²) in [6.45, 7) is 5.20. The van der Waals surface area contributed by atoms with Crippen LogP contribution in [0.3, 0.4) is 0 Å². The average molecular weight is 399 g/mol. The fourth-order valence-corrected chi connectivity index (χ4v) is 4.14. The molecule has 29 heavy (non-hydrogen) atoms. The highest BCUT2D eigenvalue weighted by molar-refractivity contribution is 5.84. The molecule has 7 nitrogen and oxygen atoms in total. The Labute approximate surface area is 172 Å². The van der Waals surface area contributed by atoms with Gasteiger partial charge in [-0.05, 0) is 50.7 Å². The molecule has 0 aromatic carbocycles. The molecule has 1 N–H and O–H groups in total. The lowest BCUT2D eigenvalue weighted by Gasteiger charge is -2.32. The molecule has 7 heteroatoms. The van der Waals surface area contributed by atoms with Gasteiger partial charge in [0.2, 0.25) is 0 Å². The third-order valence-electron chi connectivity index (χ3n) is 6.13. The lowest BCUT2D eigenvalue weighted by molar-refractivity contribution is -0.159. The van der Waals surface area contributed by atoms with E-state index < -0.39 is 6.10 Å². The lowest BCUT2D eigenvalue weighted by atomic mass is 9.86. The number of hydrogen-bond acceptors (Lipinski definition) is 6. The Balaban J connectivity index is 1.45. The van der Waals surface area contributed by atoms with Crippen molar-refractivity contribution in [3.63, 3.8) is 0 Å². The maximum atomic E-state index is 12.5. The molecule has 0 spiro atoms. The van der Waals surface area contributed by atoms with E-state index in [9.17, 15) is 9.59 Å². The maximum Gasteiger partial charge on any atom is 0.309 e. The van der Waals surface area contributed by atoms with Gasteiger partial charge in [0.25, 0.3) is 5.91 Å². The van der Waals surface area contributed by atoms with Gasteiger partial charge in [-0.15, -0.1) is 0 Å². The van der Waals surface area contributed by atoms with Crippen molar-refractivity contribution >= 4 is 17.7 Å². The molecule has 2 fully saturated rings. The van der Waals surface area contributed by atoms with Gasteiger partial charge in [-0.25, -0.2) is 4.98 Å². The Morgan fingerprint density at radius 2 is 1.97 bits per heavy atom. The van der Waals surface area contributed by atoms with Crippen molar-refractivity contribution in [1.29, 1.82) is 5.26 Å². The van der Waals surface area contributed by atoms with Crippen LogP contribution in [0.4, 0.5) is 5.82 Å². The highest BCUT2D eigenvalue weighted by Gasteiger charge is 2.30. The number of nitriles is 1. The quantitative estimate of drug-likeness (QED) is 0.767. The molecule has 1 saturated heterocycles. The van der Waals surface area contributed by atoms with E-state index in [1.165, 1.54) is 6.42 Å². The first-order valence-electron chi connectivity index (χ1n) is 10.6. The molecule has 1 aliphatic carbocycles. The van der Waals surface area contributed by atoms with Crippen LogP contribution in [0.1, 0.15) is 57.9 Å². The van der Waals surface area contributed by atoms with Gasteiger partial charge in [0.05, 0.1) is 11.5 Å². The van der Waals surface area contributed by atoms with Gasteiger partial charge >= 0.3 is 5.97 Å². The summed E-state index contributed by atoms with van der Waals surface area (Å²) in [6, 6.07) is 5.82. The number of carbonyl (C=O) groups excluding carboxylic acids is 2. The number of esters is 1. The topological polar surface area (TPSA) is 95.3 Å². The minimum absolute atomic E-state index is 0.181. The Morgan fingerprint density at radius 3 is 2.59 bits per heavy atom. The molecular formula is C22H30N4O3. The van der Waals surface area contributed by atoms with Gasteiger partial charge in [-0.3, -0.25) is 9.59 Å². The second kappa shape index (κ2) is 9.73. The Morgan fingerprint density at radius 1 is 1.24 bits per heavy atom. The zero-order chi connectivity index (χ0) is 20.8. The number of piperidine rings is 1. The summed E-state index contributed by atoms with van der Waals surface area (Å²) in [5.74, 6) is 0.586. The molecule has 156 valence electrons. The Kier molecular flexibility index (Phi) is 7.08. The van der Waals surface area contributed by atoms with Gasteiger partial charge in [0, 0.05) is 25.3 Å². The van der Waals surface area contributed by atoms with Crippen molar-refractivity contribution in [2.75, 3.05) is 18.0 Å². The van der Waals surface area contributed by atoms with Crippen LogP contribution in [0.5, 0.6) is 0 Å². The summed E-state index contributed by atoms with van der Waals surface area (Å²) < 4.78 is 5.48. The van der Waals surface area contributed by atoms with Crippen LogP contribution in [0, 0.1) is 23.2 Å². The predicted octanol–water partition coefficient (Wildman–Crippen LogP) is 2.80. The summed E-state index contributed by atoms with van der Waals surface area (Å²) in [4.78, 5) is 31.4. The SMILES string of the molecule is C[C@H](OC(=O)C1CCN(c2ccc(C#N)cn2)CC1)C(=O)N[C@H]1CCCC[C@@H]1C. The number of aromatic nitrogens is 1. The van der Waals surface area contributed by atoms with Crippen molar-refractivity contribution in [3.05, 3.63) is 23.9 Å². The molecule has 2 aliphatic rings. The summed E-state index contributed by atoms with van der Waals surface area (Å²) in [7, 11) is 0. The first-order valence-corrected chi connectivity index (χ1v) is 10.6. The van der Waals surface area contributed by atoms with E-state index in [1.807, 2.05) is 6.07 Å². The predicted molar refractivity (Wildman–Crippen MR) is 109 cm³/mol. The molecule has 1 amide bonds. The second-order valence-corrected chi connectivity index (χ2v) is 8.23. The van der Waals surface area contributed by atoms with Crippen LogP contribution in [0.25, 0.3) is 0 Å². The number of carbonyl (C=O) groups is 2. The molecular weight excluding hydrogens is 368 g/mol. The fourth-order valence-electron chi connectivity index (χ4n) is 4.14. The van der Waals surface area contributed by atoms with Gasteiger partial charge in [0.15, 0.2) is 6.10 Å². The molecule has 1 aromatic rings. The Bertz CT molecular complexity index is 750. The third kappa shape index (κ3) is 5.47. The van der Waals surface area contributed by atoms with Gasteiger partial charge in [-0.1, -0.05) is 19.8 Å². The standard InChI is InChI=1S/C22H30N4O3/c1-15-5-3-4-6-19(15)25-21(27)16(2)29-22(28)18-9-11-26(12-10-18)20-8-7-17(13-23)14-24-20/h7-8,14-16,18-19H,3-6,9-12H2,1-2H3,(H,25,27)/t15-,16-,19-/m0/s1. The highest BCUT2D eigenvalue weighted by Crippen LogP contribution is 2.25. The van der Waals surface area contributed by atoms with E-state index in [-0.39, 0.29) is 23.8 Å². The Hall–Kier alpha value is -2.62. The van der Waals surface area contributed by atoms with Crippen molar-refractivity contribution in [1.82, 2.24) is 10.3 Å². The minimum Gasteiger partial charge on any atom is -0.452 e. The van der Waals surface area contributed by atoms with Gasteiger partial charge < -0.3 is 15.0 Å². The van der Waals surface area contributed by atoms with E-state index in [1.54, 1.807) is 19.2 Å². The first kappa shape index (κ1) is 21.1. The third-order valence-corrected chi connectivity index (χ3v) is 6.13. The summed E-state index contributed by atoms with van der Waals surface area (Å²) >= 11 is 0. The normalized spacial score (nSPS) is 23.7. The van der Waals surface area contributed by atoms with E-state index in [2.05, 4.69) is 28.2 Å². The van der Waals surface area contributed by atoms with E-state index in [0.29, 0.717) is 37.4 Å². The summed E-state index contributed by atoms with van der Waals surface area (Å²) in [6.07, 6.45) is 6.59. The average Bonchev–Trinajstić information content (AvgIpc) is 2.75. The number of nitrogens with one attached hydrogen (secondary N) is 1. The maximum absolute atomic E-state index is 12.5. The van der Waals surface area contributed by atoms with E-state index in [4.69, 9.17) is 10.00 Å². The molecule has 1 saturated carbocycles. The minimum atomic E-state index is -0.769. The number of hydrogen-bond donors (Lipinski definition) is 1. The number of nitrogens with zero attached hydrogens (tertiary/aromatic N) is 3. The van der Waals surface area contributed by atoms with E-state index in [0.717, 1.165) is 25.1 Å². The number of anilines is 1. The monoisotopic (exact) mass is 398 g/mol. The van der Waals surface area contributed by atoms with Crippen LogP contribution in [-0.2, 0) is 14.3 Å². The molecule has 1 aliphatic heterocycles. The first-order chi connectivity index (χ1) is 14.0. The fraction of sp³-hybridized carbons (Fsp3) is 0.636.